The summed E-state index contributed by atoms with van der Waals surface area (Å²) in [4.78, 5) is 51.8. The summed E-state index contributed by atoms with van der Waals surface area (Å²) in [5.74, 6) is -1.41. The van der Waals surface area contributed by atoms with Crippen molar-refractivity contribution in [2.24, 2.45) is 23.7 Å². The van der Waals surface area contributed by atoms with Crippen molar-refractivity contribution in [2.45, 2.75) is 19.3 Å². The molecular weight excluding hydrogens is 432 g/mol. The van der Waals surface area contributed by atoms with Gasteiger partial charge in [0.05, 0.1) is 23.1 Å². The smallest absolute Gasteiger partial charge is 0.338 e. The van der Waals surface area contributed by atoms with Gasteiger partial charge in [0, 0.05) is 10.7 Å². The van der Waals surface area contributed by atoms with Gasteiger partial charge < -0.3 is 10.1 Å². The zero-order valence-corrected chi connectivity index (χ0v) is 17.9. The highest BCUT2D eigenvalue weighted by molar-refractivity contribution is 6.30. The maximum Gasteiger partial charge on any atom is 0.338 e. The number of amides is 3. The molecule has 1 N–H and O–H groups in total. The van der Waals surface area contributed by atoms with Gasteiger partial charge in [-0.05, 0) is 73.6 Å². The topological polar surface area (TPSA) is 92.8 Å². The van der Waals surface area contributed by atoms with Gasteiger partial charge in [0.1, 0.15) is 0 Å². The highest BCUT2D eigenvalue weighted by atomic mass is 35.5. The minimum absolute atomic E-state index is 0.167. The lowest BCUT2D eigenvalue weighted by atomic mass is 9.81. The van der Waals surface area contributed by atoms with Crippen molar-refractivity contribution in [3.8, 4) is 0 Å². The number of carbonyl (C=O) groups is 4. The predicted molar refractivity (Wildman–Crippen MR) is 117 cm³/mol. The number of benzene rings is 2. The molecule has 2 aliphatic carbocycles. The Morgan fingerprint density at radius 3 is 2.31 bits per heavy atom. The van der Waals surface area contributed by atoms with Crippen molar-refractivity contribution in [3.63, 3.8) is 0 Å². The minimum atomic E-state index is -0.711. The molecule has 1 aliphatic heterocycles. The van der Waals surface area contributed by atoms with E-state index in [0.29, 0.717) is 28.2 Å². The van der Waals surface area contributed by atoms with Crippen molar-refractivity contribution in [1.29, 1.82) is 0 Å². The van der Waals surface area contributed by atoms with Gasteiger partial charge >= 0.3 is 5.97 Å². The number of nitrogens with one attached hydrogen (secondary N) is 1. The fraction of sp³-hybridized carbons (Fsp3) is 0.333. The van der Waals surface area contributed by atoms with E-state index in [1.165, 1.54) is 17.0 Å². The SMILES string of the molecule is O=C(COC(=O)c1cccc(N2C(=O)[C@@H]3[C@H]4CC[C@@H](C4)[C@@H]3C2=O)c1)Nc1ccc(Cl)cc1. The molecule has 5 rings (SSSR count). The number of halogens is 1. The number of anilines is 2. The normalized spacial score (nSPS) is 25.7. The first-order valence-corrected chi connectivity index (χ1v) is 11.0. The Kier molecular flexibility index (Phi) is 5.21. The van der Waals surface area contributed by atoms with Gasteiger partial charge in [-0.15, -0.1) is 0 Å². The number of imide groups is 1. The van der Waals surface area contributed by atoms with Gasteiger partial charge in [-0.2, -0.15) is 0 Å². The van der Waals surface area contributed by atoms with Crippen LogP contribution in [0.5, 0.6) is 0 Å². The summed E-state index contributed by atoms with van der Waals surface area (Å²) in [6.07, 6.45) is 2.97. The van der Waals surface area contributed by atoms with E-state index in [1.54, 1.807) is 36.4 Å². The molecule has 1 saturated heterocycles. The van der Waals surface area contributed by atoms with E-state index in [9.17, 15) is 19.2 Å². The number of hydrogen-bond donors (Lipinski definition) is 1. The monoisotopic (exact) mass is 452 g/mol. The van der Waals surface area contributed by atoms with E-state index < -0.39 is 18.5 Å². The highest BCUT2D eigenvalue weighted by Gasteiger charge is 2.61. The highest BCUT2D eigenvalue weighted by Crippen LogP contribution is 2.56. The van der Waals surface area contributed by atoms with Crippen molar-refractivity contribution in [3.05, 3.63) is 59.1 Å². The van der Waals surface area contributed by atoms with Gasteiger partial charge in [-0.25, -0.2) is 4.79 Å². The van der Waals surface area contributed by atoms with Crippen LogP contribution in [0.25, 0.3) is 0 Å². The zero-order valence-electron chi connectivity index (χ0n) is 17.1. The van der Waals surface area contributed by atoms with Crippen LogP contribution in [0.1, 0.15) is 29.6 Å². The summed E-state index contributed by atoms with van der Waals surface area (Å²) in [6, 6.07) is 12.8. The van der Waals surface area contributed by atoms with Crippen molar-refractivity contribution >= 4 is 46.7 Å². The van der Waals surface area contributed by atoms with Crippen molar-refractivity contribution in [2.75, 3.05) is 16.8 Å². The molecule has 7 nitrogen and oxygen atoms in total. The summed E-state index contributed by atoms with van der Waals surface area (Å²) >= 11 is 5.81. The first kappa shape index (κ1) is 20.7. The number of hydrogen-bond acceptors (Lipinski definition) is 5. The van der Waals surface area contributed by atoms with Crippen LogP contribution in [0.2, 0.25) is 5.02 Å². The average Bonchev–Trinajstić information content (AvgIpc) is 3.47. The molecule has 2 bridgehead atoms. The fourth-order valence-corrected chi connectivity index (χ4v) is 5.51. The summed E-state index contributed by atoms with van der Waals surface area (Å²) in [7, 11) is 0. The van der Waals surface area contributed by atoms with Gasteiger partial charge in [0.25, 0.3) is 5.91 Å². The lowest BCUT2D eigenvalue weighted by molar-refractivity contribution is -0.123. The number of carbonyl (C=O) groups excluding carboxylic acids is 4. The van der Waals surface area contributed by atoms with Gasteiger partial charge in [-0.1, -0.05) is 17.7 Å². The number of esters is 1. The minimum Gasteiger partial charge on any atom is -0.452 e. The van der Waals surface area contributed by atoms with Crippen LogP contribution >= 0.6 is 11.6 Å². The number of nitrogens with zero attached hydrogens (tertiary/aromatic N) is 1. The molecule has 8 heteroatoms. The predicted octanol–water partition coefficient (Wildman–Crippen LogP) is 3.67. The molecule has 2 aromatic rings. The molecule has 164 valence electrons. The second-order valence-corrected chi connectivity index (χ2v) is 9.01. The van der Waals surface area contributed by atoms with Gasteiger partial charge in [0.2, 0.25) is 11.8 Å². The van der Waals surface area contributed by atoms with Crippen molar-refractivity contribution in [1.82, 2.24) is 0 Å². The molecule has 3 amide bonds. The second kappa shape index (κ2) is 8.06. The second-order valence-electron chi connectivity index (χ2n) is 8.58. The molecule has 32 heavy (non-hydrogen) atoms. The van der Waals surface area contributed by atoms with E-state index in [4.69, 9.17) is 16.3 Å². The molecule has 1 heterocycles. The Hall–Kier alpha value is -3.19. The molecule has 2 aromatic carbocycles. The van der Waals surface area contributed by atoms with Crippen LogP contribution in [-0.4, -0.2) is 30.3 Å². The van der Waals surface area contributed by atoms with E-state index in [2.05, 4.69) is 5.32 Å². The number of rotatable bonds is 5. The Morgan fingerprint density at radius 1 is 1.00 bits per heavy atom. The molecule has 0 aromatic heterocycles. The molecule has 2 saturated carbocycles. The zero-order chi connectivity index (χ0) is 22.4. The molecule has 3 fully saturated rings. The number of ether oxygens (including phenoxy) is 1. The number of fused-ring (bicyclic) bond motifs is 5. The van der Waals surface area contributed by atoms with Crippen molar-refractivity contribution < 1.29 is 23.9 Å². The first-order chi connectivity index (χ1) is 15.4. The lowest BCUT2D eigenvalue weighted by Crippen LogP contribution is -2.32. The standard InChI is InChI=1S/C24H21ClN2O5/c25-16-6-8-17(9-7-16)26-19(28)12-32-24(31)15-2-1-3-18(11-15)27-22(29)20-13-4-5-14(10-13)21(20)23(27)30/h1-3,6-9,11,13-14,20-21H,4-5,10,12H2,(H,26,28)/t13-,14-,20-,21+/m0/s1. The average molecular weight is 453 g/mol. The van der Waals surface area contributed by atoms with Crippen LogP contribution in [-0.2, 0) is 19.1 Å². The maximum atomic E-state index is 13.0. The summed E-state index contributed by atoms with van der Waals surface area (Å²) in [5.41, 5.74) is 1.07. The molecule has 0 radical (unpaired) electrons. The third kappa shape index (κ3) is 3.56. The van der Waals surface area contributed by atoms with E-state index in [-0.39, 0.29) is 29.2 Å². The third-order valence-corrected chi connectivity index (χ3v) is 6.98. The fourth-order valence-electron chi connectivity index (χ4n) is 5.38. The quantitative estimate of drug-likeness (QED) is 0.552. The molecule has 3 aliphatic rings. The first-order valence-electron chi connectivity index (χ1n) is 10.6. The van der Waals surface area contributed by atoms with Crippen LogP contribution in [0.4, 0.5) is 11.4 Å². The Labute approximate surface area is 189 Å². The van der Waals surface area contributed by atoms with Crippen LogP contribution in [0, 0.1) is 23.7 Å². The summed E-state index contributed by atoms with van der Waals surface area (Å²) in [5, 5.41) is 3.15. The van der Waals surface area contributed by atoms with E-state index in [0.717, 1.165) is 19.3 Å². The Morgan fingerprint density at radius 2 is 1.66 bits per heavy atom. The van der Waals surface area contributed by atoms with E-state index in [1.807, 2.05) is 0 Å². The van der Waals surface area contributed by atoms with Crippen LogP contribution in [0.15, 0.2) is 48.5 Å². The van der Waals surface area contributed by atoms with Gasteiger partial charge in [0.15, 0.2) is 6.61 Å². The molecule has 0 unspecified atom stereocenters. The third-order valence-electron chi connectivity index (χ3n) is 6.73. The Balaban J connectivity index is 1.24. The summed E-state index contributed by atoms with van der Waals surface area (Å²) in [6.45, 7) is -0.471. The molecular formula is C24H21ClN2O5. The van der Waals surface area contributed by atoms with Crippen LogP contribution < -0.4 is 10.2 Å². The largest absolute Gasteiger partial charge is 0.452 e. The molecule has 0 spiro atoms. The summed E-state index contributed by atoms with van der Waals surface area (Å²) < 4.78 is 5.11. The molecule has 4 atom stereocenters. The van der Waals surface area contributed by atoms with Crippen LogP contribution in [0.3, 0.4) is 0 Å². The van der Waals surface area contributed by atoms with E-state index >= 15 is 0 Å². The maximum absolute atomic E-state index is 13.0. The Bertz CT molecular complexity index is 1090. The van der Waals surface area contributed by atoms with Gasteiger partial charge in [-0.3, -0.25) is 19.3 Å². The lowest BCUT2D eigenvalue weighted by Gasteiger charge is -2.19.